The predicted molar refractivity (Wildman–Crippen MR) is 96.1 cm³/mol. The Labute approximate surface area is 151 Å². The van der Waals surface area contributed by atoms with Crippen LogP contribution in [0.5, 0.6) is 0 Å². The first-order valence-corrected chi connectivity index (χ1v) is 8.64. The molecule has 0 bridgehead atoms. The van der Waals surface area contributed by atoms with E-state index < -0.39 is 0 Å². The zero-order valence-corrected chi connectivity index (χ0v) is 14.7. The first-order valence-electron chi connectivity index (χ1n) is 7.89. The minimum absolute atomic E-state index is 0.204. The second kappa shape index (κ2) is 7.99. The van der Waals surface area contributed by atoms with E-state index in [0.29, 0.717) is 21.3 Å². The van der Waals surface area contributed by atoms with Crippen LogP contribution >= 0.6 is 23.2 Å². The number of carbonyl (C=O) groups excluding carboxylic acids is 1. The molecule has 1 heterocycles. The Morgan fingerprint density at radius 1 is 1.08 bits per heavy atom. The van der Waals surface area contributed by atoms with Crippen molar-refractivity contribution in [3.8, 4) is 0 Å². The molecule has 1 saturated heterocycles. The fourth-order valence-corrected chi connectivity index (χ4v) is 3.04. The van der Waals surface area contributed by atoms with Gasteiger partial charge in [-0.15, -0.1) is 0 Å². The number of nitrogens with one attached hydrogen (secondary N) is 2. The summed E-state index contributed by atoms with van der Waals surface area (Å²) in [5, 5.41) is 3.55. The SMILES string of the molecule is O=C(Nc1cccc(Cl)c1Cl)c1ccc(C[NH+]2CCOCC2)cc1. The van der Waals surface area contributed by atoms with Gasteiger partial charge in [-0.05, 0) is 24.3 Å². The van der Waals surface area contributed by atoms with E-state index in [4.69, 9.17) is 27.9 Å². The van der Waals surface area contributed by atoms with E-state index in [2.05, 4.69) is 5.32 Å². The minimum Gasteiger partial charge on any atom is -0.370 e. The number of anilines is 1. The number of rotatable bonds is 4. The highest BCUT2D eigenvalue weighted by Crippen LogP contribution is 2.29. The van der Waals surface area contributed by atoms with Crippen LogP contribution in [-0.4, -0.2) is 32.2 Å². The largest absolute Gasteiger partial charge is 0.370 e. The zero-order chi connectivity index (χ0) is 16.9. The first-order chi connectivity index (χ1) is 11.6. The van der Waals surface area contributed by atoms with Crippen molar-refractivity contribution < 1.29 is 14.4 Å². The number of carbonyl (C=O) groups is 1. The van der Waals surface area contributed by atoms with Gasteiger partial charge in [0.05, 0.1) is 28.9 Å². The molecule has 1 fully saturated rings. The van der Waals surface area contributed by atoms with Crippen LogP contribution in [0.3, 0.4) is 0 Å². The molecule has 4 nitrogen and oxygen atoms in total. The number of morpholine rings is 1. The summed E-state index contributed by atoms with van der Waals surface area (Å²) in [4.78, 5) is 13.8. The van der Waals surface area contributed by atoms with Crippen LogP contribution in [0.4, 0.5) is 5.69 Å². The van der Waals surface area contributed by atoms with Gasteiger partial charge in [0, 0.05) is 11.1 Å². The topological polar surface area (TPSA) is 42.8 Å². The number of benzene rings is 2. The van der Waals surface area contributed by atoms with Crippen molar-refractivity contribution >= 4 is 34.8 Å². The van der Waals surface area contributed by atoms with Gasteiger partial charge in [-0.1, -0.05) is 41.4 Å². The Morgan fingerprint density at radius 3 is 2.50 bits per heavy atom. The van der Waals surface area contributed by atoms with Gasteiger partial charge < -0.3 is 15.0 Å². The molecule has 6 heteroatoms. The van der Waals surface area contributed by atoms with Crippen LogP contribution in [-0.2, 0) is 11.3 Å². The molecule has 0 radical (unpaired) electrons. The molecular weight excluding hydrogens is 347 g/mol. The predicted octanol–water partition coefficient (Wildman–Crippen LogP) is 2.66. The molecule has 0 aliphatic carbocycles. The number of hydrogen-bond donors (Lipinski definition) is 2. The molecule has 0 saturated carbocycles. The van der Waals surface area contributed by atoms with Crippen LogP contribution in [0.2, 0.25) is 10.0 Å². The van der Waals surface area contributed by atoms with Gasteiger partial charge in [-0.2, -0.15) is 0 Å². The van der Waals surface area contributed by atoms with Crippen molar-refractivity contribution in [1.82, 2.24) is 0 Å². The van der Waals surface area contributed by atoms with E-state index in [1.807, 2.05) is 24.3 Å². The van der Waals surface area contributed by atoms with E-state index in [9.17, 15) is 4.79 Å². The Balaban J connectivity index is 1.64. The van der Waals surface area contributed by atoms with E-state index >= 15 is 0 Å². The lowest BCUT2D eigenvalue weighted by Gasteiger charge is -2.23. The van der Waals surface area contributed by atoms with E-state index in [1.54, 1.807) is 18.2 Å². The van der Waals surface area contributed by atoms with Crippen LogP contribution in [0.1, 0.15) is 15.9 Å². The Bertz CT molecular complexity index is 713. The summed E-state index contributed by atoms with van der Waals surface area (Å²) in [5.74, 6) is -0.204. The highest BCUT2D eigenvalue weighted by molar-refractivity contribution is 6.44. The summed E-state index contributed by atoms with van der Waals surface area (Å²) in [7, 11) is 0. The standard InChI is InChI=1S/C18H18Cl2N2O2/c19-15-2-1-3-16(17(15)20)21-18(23)14-6-4-13(5-7-14)12-22-8-10-24-11-9-22/h1-7H,8-12H2,(H,21,23)/p+1. The third-order valence-electron chi connectivity index (χ3n) is 4.07. The third-order valence-corrected chi connectivity index (χ3v) is 4.89. The third kappa shape index (κ3) is 4.28. The molecule has 126 valence electrons. The highest BCUT2D eigenvalue weighted by atomic mass is 35.5. The van der Waals surface area contributed by atoms with Crippen molar-refractivity contribution in [2.24, 2.45) is 0 Å². The molecule has 24 heavy (non-hydrogen) atoms. The second-order valence-corrected chi connectivity index (χ2v) is 6.58. The number of hydrogen-bond acceptors (Lipinski definition) is 2. The van der Waals surface area contributed by atoms with Crippen molar-refractivity contribution in [3.63, 3.8) is 0 Å². The number of ether oxygens (including phenoxy) is 1. The van der Waals surface area contributed by atoms with E-state index in [0.717, 1.165) is 32.8 Å². The molecule has 2 aromatic rings. The van der Waals surface area contributed by atoms with Crippen molar-refractivity contribution in [1.29, 1.82) is 0 Å². The van der Waals surface area contributed by atoms with Crippen LogP contribution in [0.25, 0.3) is 0 Å². The maximum Gasteiger partial charge on any atom is 0.255 e. The van der Waals surface area contributed by atoms with Gasteiger partial charge in [0.2, 0.25) is 0 Å². The minimum atomic E-state index is -0.204. The number of amides is 1. The van der Waals surface area contributed by atoms with E-state index in [-0.39, 0.29) is 5.91 Å². The van der Waals surface area contributed by atoms with Gasteiger partial charge in [0.25, 0.3) is 5.91 Å². The Hall–Kier alpha value is -1.59. The van der Waals surface area contributed by atoms with E-state index in [1.165, 1.54) is 10.5 Å². The first kappa shape index (κ1) is 17.2. The lowest BCUT2D eigenvalue weighted by atomic mass is 10.1. The fourth-order valence-electron chi connectivity index (χ4n) is 2.69. The smallest absolute Gasteiger partial charge is 0.255 e. The number of halogens is 2. The summed E-state index contributed by atoms with van der Waals surface area (Å²) in [6.07, 6.45) is 0. The maximum absolute atomic E-state index is 12.3. The average molecular weight is 366 g/mol. The highest BCUT2D eigenvalue weighted by Gasteiger charge is 2.15. The van der Waals surface area contributed by atoms with Gasteiger partial charge in [-0.3, -0.25) is 4.79 Å². The van der Waals surface area contributed by atoms with Crippen molar-refractivity contribution in [2.75, 3.05) is 31.6 Å². The summed E-state index contributed by atoms with van der Waals surface area (Å²) in [6, 6.07) is 12.8. The normalized spacial score (nSPS) is 15.2. The lowest BCUT2D eigenvalue weighted by molar-refractivity contribution is -0.921. The molecule has 1 aliphatic heterocycles. The van der Waals surface area contributed by atoms with Crippen LogP contribution in [0, 0.1) is 0 Å². The second-order valence-electron chi connectivity index (χ2n) is 5.79. The Morgan fingerprint density at radius 2 is 1.79 bits per heavy atom. The summed E-state index contributed by atoms with van der Waals surface area (Å²) in [6.45, 7) is 4.63. The molecule has 2 N–H and O–H groups in total. The van der Waals surface area contributed by atoms with Crippen molar-refractivity contribution in [2.45, 2.75) is 6.54 Å². The monoisotopic (exact) mass is 365 g/mol. The summed E-state index contributed by atoms with van der Waals surface area (Å²) in [5.41, 5.74) is 2.31. The lowest BCUT2D eigenvalue weighted by Crippen LogP contribution is -3.12. The van der Waals surface area contributed by atoms with Crippen LogP contribution < -0.4 is 10.2 Å². The molecule has 0 unspecified atom stereocenters. The molecular formula is C18H19Cl2N2O2+. The Kier molecular flexibility index (Phi) is 5.74. The van der Waals surface area contributed by atoms with Gasteiger partial charge >= 0.3 is 0 Å². The molecule has 0 aromatic heterocycles. The molecule has 1 aliphatic rings. The maximum atomic E-state index is 12.3. The quantitative estimate of drug-likeness (QED) is 0.874. The molecule has 0 atom stereocenters. The van der Waals surface area contributed by atoms with Gasteiger partial charge in [0.1, 0.15) is 19.6 Å². The van der Waals surface area contributed by atoms with Gasteiger partial charge in [-0.25, -0.2) is 0 Å². The summed E-state index contributed by atoms with van der Waals surface area (Å²) >= 11 is 12.1. The number of quaternary nitrogens is 1. The molecule has 1 amide bonds. The molecule has 0 spiro atoms. The van der Waals surface area contributed by atoms with Gasteiger partial charge in [0.15, 0.2) is 0 Å². The fraction of sp³-hybridized carbons (Fsp3) is 0.278. The summed E-state index contributed by atoms with van der Waals surface area (Å²) < 4.78 is 5.37. The average Bonchev–Trinajstić information content (AvgIpc) is 2.60. The van der Waals surface area contributed by atoms with Crippen molar-refractivity contribution in [3.05, 3.63) is 63.6 Å². The zero-order valence-electron chi connectivity index (χ0n) is 13.1. The molecule has 3 rings (SSSR count). The molecule has 2 aromatic carbocycles. The van der Waals surface area contributed by atoms with Crippen LogP contribution in [0.15, 0.2) is 42.5 Å².